The Bertz CT molecular complexity index is 474. The lowest BCUT2D eigenvalue weighted by atomic mass is 10.0. The average molecular weight is 254 g/mol. The van der Waals surface area contributed by atoms with Crippen LogP contribution >= 0.6 is 0 Å². The molecule has 0 aliphatic heterocycles. The standard InChI is InChI=1S/C17H22N2/c1-14(2)12-15-8-10-16(11-9-15)13-18-19-17-6-4-3-5-7-17/h3-11,14,18-19H,12-13H2,1-2H3. The van der Waals surface area contributed by atoms with Crippen LogP contribution in [0.3, 0.4) is 0 Å². The molecular weight excluding hydrogens is 232 g/mol. The minimum absolute atomic E-state index is 0.712. The van der Waals surface area contributed by atoms with Crippen molar-refractivity contribution in [3.8, 4) is 0 Å². The minimum Gasteiger partial charge on any atom is -0.321 e. The molecule has 0 spiro atoms. The first kappa shape index (κ1) is 13.6. The maximum Gasteiger partial charge on any atom is 0.0487 e. The summed E-state index contributed by atoms with van der Waals surface area (Å²) in [4.78, 5) is 0. The van der Waals surface area contributed by atoms with E-state index in [2.05, 4.69) is 49.0 Å². The van der Waals surface area contributed by atoms with Crippen LogP contribution in [-0.4, -0.2) is 0 Å². The molecule has 0 unspecified atom stereocenters. The van der Waals surface area contributed by atoms with Gasteiger partial charge in [0.25, 0.3) is 0 Å². The van der Waals surface area contributed by atoms with Crippen LogP contribution in [0.15, 0.2) is 54.6 Å². The topological polar surface area (TPSA) is 24.1 Å². The fraction of sp³-hybridized carbons (Fsp3) is 0.294. The van der Waals surface area contributed by atoms with E-state index in [4.69, 9.17) is 0 Å². The summed E-state index contributed by atoms with van der Waals surface area (Å²) in [5.41, 5.74) is 10.2. The number of rotatable bonds is 6. The van der Waals surface area contributed by atoms with Crippen LogP contribution in [0.4, 0.5) is 5.69 Å². The van der Waals surface area contributed by atoms with Crippen molar-refractivity contribution in [2.75, 3.05) is 5.43 Å². The third-order valence-corrected chi connectivity index (χ3v) is 2.97. The Morgan fingerprint density at radius 2 is 1.47 bits per heavy atom. The Morgan fingerprint density at radius 3 is 2.11 bits per heavy atom. The molecule has 2 rings (SSSR count). The molecule has 0 heterocycles. The van der Waals surface area contributed by atoms with Gasteiger partial charge in [0.2, 0.25) is 0 Å². The zero-order valence-electron chi connectivity index (χ0n) is 11.7. The van der Waals surface area contributed by atoms with Crippen molar-refractivity contribution in [2.45, 2.75) is 26.8 Å². The molecule has 0 aromatic heterocycles. The second-order valence-electron chi connectivity index (χ2n) is 5.26. The summed E-state index contributed by atoms with van der Waals surface area (Å²) < 4.78 is 0. The lowest BCUT2D eigenvalue weighted by Gasteiger charge is -2.09. The second-order valence-corrected chi connectivity index (χ2v) is 5.26. The number of benzene rings is 2. The molecule has 19 heavy (non-hydrogen) atoms. The summed E-state index contributed by atoms with van der Waals surface area (Å²) in [5.74, 6) is 0.712. The van der Waals surface area contributed by atoms with Gasteiger partial charge in [0, 0.05) is 12.2 Å². The molecule has 0 amide bonds. The third kappa shape index (κ3) is 4.76. The fourth-order valence-electron chi connectivity index (χ4n) is 2.03. The second kappa shape index (κ2) is 6.95. The average Bonchev–Trinajstić information content (AvgIpc) is 2.41. The molecule has 2 nitrogen and oxygen atoms in total. The van der Waals surface area contributed by atoms with Gasteiger partial charge in [-0.15, -0.1) is 0 Å². The molecule has 0 aliphatic rings. The van der Waals surface area contributed by atoms with Gasteiger partial charge in [-0.05, 0) is 35.6 Å². The predicted molar refractivity (Wildman–Crippen MR) is 81.9 cm³/mol. The molecule has 2 N–H and O–H groups in total. The van der Waals surface area contributed by atoms with E-state index >= 15 is 0 Å². The third-order valence-electron chi connectivity index (χ3n) is 2.97. The zero-order valence-corrected chi connectivity index (χ0v) is 11.7. The van der Waals surface area contributed by atoms with Crippen LogP contribution < -0.4 is 10.9 Å². The summed E-state index contributed by atoms with van der Waals surface area (Å²) in [6.07, 6.45) is 1.15. The lowest BCUT2D eigenvalue weighted by Crippen LogP contribution is -2.20. The first-order valence-corrected chi connectivity index (χ1v) is 6.86. The Morgan fingerprint density at radius 1 is 0.842 bits per heavy atom. The number of hydrazine groups is 1. The molecule has 2 heteroatoms. The fourth-order valence-corrected chi connectivity index (χ4v) is 2.03. The number of hydrogen-bond donors (Lipinski definition) is 2. The van der Waals surface area contributed by atoms with E-state index in [0.717, 1.165) is 18.7 Å². The van der Waals surface area contributed by atoms with E-state index in [1.807, 2.05) is 30.3 Å². The molecule has 0 saturated carbocycles. The highest BCUT2D eigenvalue weighted by atomic mass is 15.3. The van der Waals surface area contributed by atoms with E-state index in [1.54, 1.807) is 0 Å². The molecule has 0 aliphatic carbocycles. The van der Waals surface area contributed by atoms with Gasteiger partial charge in [-0.1, -0.05) is 56.3 Å². The van der Waals surface area contributed by atoms with Crippen molar-refractivity contribution in [3.63, 3.8) is 0 Å². The van der Waals surface area contributed by atoms with Crippen LogP contribution in [0.2, 0.25) is 0 Å². The first-order chi connectivity index (χ1) is 9.24. The quantitative estimate of drug-likeness (QED) is 0.761. The summed E-state index contributed by atoms with van der Waals surface area (Å²) in [6, 6.07) is 19.0. The van der Waals surface area contributed by atoms with Crippen molar-refractivity contribution in [3.05, 3.63) is 65.7 Å². The molecule has 0 saturated heterocycles. The van der Waals surface area contributed by atoms with Crippen molar-refractivity contribution >= 4 is 5.69 Å². The molecule has 0 radical (unpaired) electrons. The predicted octanol–water partition coefficient (Wildman–Crippen LogP) is 4.00. The Balaban J connectivity index is 1.80. The van der Waals surface area contributed by atoms with Crippen molar-refractivity contribution in [1.82, 2.24) is 5.43 Å². The number of hydrogen-bond acceptors (Lipinski definition) is 2. The summed E-state index contributed by atoms with van der Waals surface area (Å²) in [6.45, 7) is 5.31. The summed E-state index contributed by atoms with van der Waals surface area (Å²) >= 11 is 0. The van der Waals surface area contributed by atoms with Crippen molar-refractivity contribution < 1.29 is 0 Å². The smallest absolute Gasteiger partial charge is 0.0487 e. The normalized spacial score (nSPS) is 10.7. The van der Waals surface area contributed by atoms with Crippen LogP contribution in [0.5, 0.6) is 0 Å². The van der Waals surface area contributed by atoms with Crippen molar-refractivity contribution in [2.24, 2.45) is 5.92 Å². The Labute approximate surface area is 115 Å². The number of anilines is 1. The lowest BCUT2D eigenvalue weighted by molar-refractivity contribution is 0.647. The molecule has 0 bridgehead atoms. The van der Waals surface area contributed by atoms with Gasteiger partial charge >= 0.3 is 0 Å². The van der Waals surface area contributed by atoms with Gasteiger partial charge in [0.15, 0.2) is 0 Å². The molecule has 0 fully saturated rings. The SMILES string of the molecule is CC(C)Cc1ccc(CNNc2ccccc2)cc1. The molecule has 100 valence electrons. The maximum atomic E-state index is 3.23. The largest absolute Gasteiger partial charge is 0.321 e. The van der Waals surface area contributed by atoms with Gasteiger partial charge in [0.05, 0.1) is 0 Å². The molecule has 2 aromatic rings. The number of nitrogens with one attached hydrogen (secondary N) is 2. The maximum absolute atomic E-state index is 3.23. The van der Waals surface area contributed by atoms with Gasteiger partial charge in [-0.2, -0.15) is 0 Å². The van der Waals surface area contributed by atoms with E-state index in [9.17, 15) is 0 Å². The Kier molecular flexibility index (Phi) is 4.99. The Hall–Kier alpha value is -1.80. The highest BCUT2D eigenvalue weighted by molar-refractivity contribution is 5.41. The zero-order chi connectivity index (χ0) is 13.5. The van der Waals surface area contributed by atoms with Crippen molar-refractivity contribution in [1.29, 1.82) is 0 Å². The van der Waals surface area contributed by atoms with Crippen LogP contribution in [0, 0.1) is 5.92 Å². The van der Waals surface area contributed by atoms with E-state index in [0.29, 0.717) is 5.92 Å². The van der Waals surface area contributed by atoms with E-state index < -0.39 is 0 Å². The highest BCUT2D eigenvalue weighted by Gasteiger charge is 1.98. The van der Waals surface area contributed by atoms with Gasteiger partial charge in [-0.25, -0.2) is 5.43 Å². The molecular formula is C17H22N2. The summed E-state index contributed by atoms with van der Waals surface area (Å²) in [7, 11) is 0. The number of para-hydroxylation sites is 1. The van der Waals surface area contributed by atoms with E-state index in [1.165, 1.54) is 11.1 Å². The van der Waals surface area contributed by atoms with Crippen LogP contribution in [-0.2, 0) is 13.0 Å². The van der Waals surface area contributed by atoms with Gasteiger partial charge < -0.3 is 5.43 Å². The van der Waals surface area contributed by atoms with Crippen LogP contribution in [0.25, 0.3) is 0 Å². The summed E-state index contributed by atoms with van der Waals surface area (Å²) in [5, 5.41) is 0. The van der Waals surface area contributed by atoms with Gasteiger partial charge in [-0.3, -0.25) is 0 Å². The monoisotopic (exact) mass is 254 g/mol. The van der Waals surface area contributed by atoms with Gasteiger partial charge in [0.1, 0.15) is 0 Å². The van der Waals surface area contributed by atoms with Crippen LogP contribution in [0.1, 0.15) is 25.0 Å². The molecule has 0 atom stereocenters. The minimum atomic E-state index is 0.712. The highest BCUT2D eigenvalue weighted by Crippen LogP contribution is 2.10. The first-order valence-electron chi connectivity index (χ1n) is 6.86. The van der Waals surface area contributed by atoms with E-state index in [-0.39, 0.29) is 0 Å². The molecule has 2 aromatic carbocycles.